The van der Waals surface area contributed by atoms with Crippen molar-refractivity contribution in [1.82, 2.24) is 4.98 Å². The molecule has 0 aliphatic carbocycles. The molecule has 136 valence electrons. The smallest absolute Gasteiger partial charge is 0.130 e. The molecule has 5 nitrogen and oxygen atoms in total. The number of rotatable bonds is 8. The molecule has 2 aromatic heterocycles. The highest BCUT2D eigenvalue weighted by Crippen LogP contribution is 2.29. The van der Waals surface area contributed by atoms with Crippen molar-refractivity contribution >= 4 is 11.6 Å². The number of nitrogens with zero attached hydrogens (tertiary/aromatic N) is 1. The van der Waals surface area contributed by atoms with Crippen molar-refractivity contribution < 1.29 is 19.4 Å². The average molecular weight is 353 g/mol. The second-order valence-corrected chi connectivity index (χ2v) is 6.13. The average Bonchev–Trinajstić information content (AvgIpc) is 3.34. The van der Waals surface area contributed by atoms with Crippen LogP contribution in [0.4, 0.5) is 0 Å². The SMILES string of the molecule is C=C(CO)C1=CCOC1CC/C(=C/c1ccc(CO)o1)c1ccccn1. The normalized spacial score (nSPS) is 17.4. The summed E-state index contributed by atoms with van der Waals surface area (Å²) >= 11 is 0. The van der Waals surface area contributed by atoms with E-state index in [1.807, 2.05) is 36.4 Å². The third-order valence-electron chi connectivity index (χ3n) is 4.37. The summed E-state index contributed by atoms with van der Waals surface area (Å²) in [5, 5.41) is 18.5. The number of allylic oxidation sites excluding steroid dienone is 1. The van der Waals surface area contributed by atoms with Crippen LogP contribution in [0, 0.1) is 0 Å². The molecule has 0 fully saturated rings. The monoisotopic (exact) mass is 353 g/mol. The summed E-state index contributed by atoms with van der Waals surface area (Å²) in [6.45, 7) is 4.26. The van der Waals surface area contributed by atoms with Crippen LogP contribution in [0.15, 0.2) is 64.7 Å². The van der Waals surface area contributed by atoms with E-state index in [0.717, 1.165) is 29.7 Å². The van der Waals surface area contributed by atoms with Gasteiger partial charge in [-0.05, 0) is 59.9 Å². The predicted octanol–water partition coefficient (Wildman–Crippen LogP) is 3.36. The van der Waals surface area contributed by atoms with Gasteiger partial charge in [0.25, 0.3) is 0 Å². The van der Waals surface area contributed by atoms with Gasteiger partial charge in [-0.15, -0.1) is 0 Å². The minimum absolute atomic E-state index is 0.0645. The Kier molecular flexibility index (Phi) is 6.17. The molecule has 0 saturated carbocycles. The van der Waals surface area contributed by atoms with E-state index in [-0.39, 0.29) is 19.3 Å². The van der Waals surface area contributed by atoms with Crippen molar-refractivity contribution in [1.29, 1.82) is 0 Å². The van der Waals surface area contributed by atoms with Gasteiger partial charge in [0, 0.05) is 6.20 Å². The molecule has 0 saturated heterocycles. The minimum atomic E-state index is -0.125. The Morgan fingerprint density at radius 2 is 2.15 bits per heavy atom. The lowest BCUT2D eigenvalue weighted by Gasteiger charge is -2.16. The number of ether oxygens (including phenoxy) is 1. The van der Waals surface area contributed by atoms with Gasteiger partial charge >= 0.3 is 0 Å². The molecule has 1 aliphatic rings. The first-order chi connectivity index (χ1) is 12.7. The molecule has 2 N–H and O–H groups in total. The second kappa shape index (κ2) is 8.76. The van der Waals surface area contributed by atoms with E-state index in [9.17, 15) is 10.2 Å². The van der Waals surface area contributed by atoms with Crippen LogP contribution in [0.3, 0.4) is 0 Å². The Balaban J connectivity index is 1.78. The lowest BCUT2D eigenvalue weighted by molar-refractivity contribution is 0.116. The first-order valence-electron chi connectivity index (χ1n) is 8.63. The van der Waals surface area contributed by atoms with E-state index >= 15 is 0 Å². The second-order valence-electron chi connectivity index (χ2n) is 6.13. The minimum Gasteiger partial charge on any atom is -0.459 e. The topological polar surface area (TPSA) is 75.7 Å². The van der Waals surface area contributed by atoms with Gasteiger partial charge in [-0.3, -0.25) is 4.98 Å². The zero-order chi connectivity index (χ0) is 18.4. The molecule has 1 atom stereocenters. The van der Waals surface area contributed by atoms with Crippen LogP contribution in [-0.2, 0) is 11.3 Å². The summed E-state index contributed by atoms with van der Waals surface area (Å²) < 4.78 is 11.4. The van der Waals surface area contributed by atoms with Crippen LogP contribution in [0.2, 0.25) is 0 Å². The van der Waals surface area contributed by atoms with Crippen molar-refractivity contribution in [3.8, 4) is 0 Å². The van der Waals surface area contributed by atoms with Gasteiger partial charge in [0.05, 0.1) is 25.0 Å². The quantitative estimate of drug-likeness (QED) is 0.761. The molecular weight excluding hydrogens is 330 g/mol. The van der Waals surface area contributed by atoms with E-state index in [1.54, 1.807) is 12.3 Å². The highest BCUT2D eigenvalue weighted by atomic mass is 16.5. The zero-order valence-electron chi connectivity index (χ0n) is 14.6. The van der Waals surface area contributed by atoms with Crippen LogP contribution in [0.25, 0.3) is 11.6 Å². The molecule has 0 amide bonds. The van der Waals surface area contributed by atoms with Gasteiger partial charge in [-0.25, -0.2) is 0 Å². The first kappa shape index (κ1) is 18.3. The maximum atomic E-state index is 9.34. The van der Waals surface area contributed by atoms with E-state index in [2.05, 4.69) is 11.6 Å². The molecule has 1 aliphatic heterocycles. The Labute approximate surface area is 153 Å². The third kappa shape index (κ3) is 4.38. The number of hydrogen-bond donors (Lipinski definition) is 2. The molecule has 1 unspecified atom stereocenters. The molecule has 0 radical (unpaired) electrons. The number of hydrogen-bond acceptors (Lipinski definition) is 5. The summed E-state index contributed by atoms with van der Waals surface area (Å²) in [5.41, 5.74) is 3.58. The standard InChI is InChI=1S/C21H23NO4/c1-15(13-23)19-9-11-25-21(19)8-5-16(20-4-2-3-10-22-20)12-17-6-7-18(14-24)26-17/h2-4,6-7,9-10,12,21,23-24H,1,5,8,11,13-14H2/b16-12-. The lowest BCUT2D eigenvalue weighted by Crippen LogP contribution is -2.13. The molecule has 3 rings (SSSR count). The van der Waals surface area contributed by atoms with Crippen molar-refractivity contribution in [2.24, 2.45) is 0 Å². The highest BCUT2D eigenvalue weighted by Gasteiger charge is 2.22. The number of pyridine rings is 1. The molecule has 0 spiro atoms. The van der Waals surface area contributed by atoms with Crippen LogP contribution in [0.5, 0.6) is 0 Å². The van der Waals surface area contributed by atoms with E-state index in [0.29, 0.717) is 23.7 Å². The Morgan fingerprint density at radius 3 is 2.85 bits per heavy atom. The van der Waals surface area contributed by atoms with Crippen molar-refractivity contribution in [2.45, 2.75) is 25.6 Å². The van der Waals surface area contributed by atoms with Gasteiger partial charge in [0.1, 0.15) is 18.1 Å². The molecular formula is C21H23NO4. The molecule has 2 aromatic rings. The predicted molar refractivity (Wildman–Crippen MR) is 100 cm³/mol. The van der Waals surface area contributed by atoms with E-state index in [1.165, 1.54) is 0 Å². The van der Waals surface area contributed by atoms with E-state index in [4.69, 9.17) is 9.15 Å². The molecule has 0 bridgehead atoms. The fourth-order valence-electron chi connectivity index (χ4n) is 3.02. The van der Waals surface area contributed by atoms with Gasteiger partial charge in [0.15, 0.2) is 0 Å². The molecule has 3 heterocycles. The van der Waals surface area contributed by atoms with Crippen molar-refractivity contribution in [3.05, 3.63) is 77.5 Å². The number of aromatic nitrogens is 1. The van der Waals surface area contributed by atoms with Crippen LogP contribution < -0.4 is 0 Å². The Bertz CT molecular complexity index is 804. The Morgan fingerprint density at radius 1 is 1.27 bits per heavy atom. The largest absolute Gasteiger partial charge is 0.459 e. The summed E-state index contributed by atoms with van der Waals surface area (Å²) in [5.74, 6) is 1.21. The van der Waals surface area contributed by atoms with Gasteiger partial charge < -0.3 is 19.4 Å². The fourth-order valence-corrected chi connectivity index (χ4v) is 3.02. The lowest BCUT2D eigenvalue weighted by atomic mass is 9.96. The first-order valence-corrected chi connectivity index (χ1v) is 8.63. The van der Waals surface area contributed by atoms with Gasteiger partial charge in [-0.2, -0.15) is 0 Å². The summed E-state index contributed by atoms with van der Waals surface area (Å²) in [6, 6.07) is 9.38. The fraction of sp³-hybridized carbons (Fsp3) is 0.286. The van der Waals surface area contributed by atoms with Crippen molar-refractivity contribution in [3.63, 3.8) is 0 Å². The van der Waals surface area contributed by atoms with Gasteiger partial charge in [-0.1, -0.05) is 18.7 Å². The highest BCUT2D eigenvalue weighted by molar-refractivity contribution is 5.78. The Hall–Kier alpha value is -2.47. The number of furan rings is 1. The van der Waals surface area contributed by atoms with Crippen LogP contribution in [-0.4, -0.2) is 34.5 Å². The van der Waals surface area contributed by atoms with Crippen LogP contribution in [0.1, 0.15) is 30.1 Å². The number of aliphatic hydroxyl groups is 2. The molecule has 5 heteroatoms. The van der Waals surface area contributed by atoms with E-state index < -0.39 is 0 Å². The summed E-state index contributed by atoms with van der Waals surface area (Å²) in [7, 11) is 0. The maximum absolute atomic E-state index is 9.34. The van der Waals surface area contributed by atoms with Crippen LogP contribution >= 0.6 is 0 Å². The summed E-state index contributed by atoms with van der Waals surface area (Å²) in [6.07, 6.45) is 7.09. The third-order valence-corrected chi connectivity index (χ3v) is 4.37. The zero-order valence-corrected chi connectivity index (χ0v) is 14.6. The van der Waals surface area contributed by atoms with Gasteiger partial charge in [0.2, 0.25) is 0 Å². The molecule has 0 aromatic carbocycles. The maximum Gasteiger partial charge on any atom is 0.130 e. The molecule has 26 heavy (non-hydrogen) atoms. The van der Waals surface area contributed by atoms with Crippen molar-refractivity contribution in [2.75, 3.05) is 13.2 Å². The summed E-state index contributed by atoms with van der Waals surface area (Å²) in [4.78, 5) is 4.45. The number of aliphatic hydroxyl groups excluding tert-OH is 2.